The normalized spacial score (nSPS) is 35.1. The zero-order chi connectivity index (χ0) is 13.1. The van der Waals surface area contributed by atoms with Crippen molar-refractivity contribution >= 4 is 11.8 Å². The lowest BCUT2D eigenvalue weighted by molar-refractivity contribution is -0.135. The molecule has 3 rings (SSSR count). The van der Waals surface area contributed by atoms with Gasteiger partial charge in [0.05, 0.1) is 5.92 Å². The fourth-order valence-electron chi connectivity index (χ4n) is 3.36. The lowest BCUT2D eigenvalue weighted by atomic mass is 10.1. The molecule has 3 atom stereocenters. The van der Waals surface area contributed by atoms with E-state index in [1.54, 1.807) is 0 Å². The first-order valence-electron chi connectivity index (χ1n) is 6.95. The number of hydrogen-bond donors (Lipinski definition) is 0. The molecule has 3 fully saturated rings. The van der Waals surface area contributed by atoms with Crippen LogP contribution < -0.4 is 0 Å². The van der Waals surface area contributed by atoms with E-state index in [0.717, 1.165) is 24.9 Å². The number of amides is 2. The predicted molar refractivity (Wildman–Crippen MR) is 67.8 cm³/mol. The summed E-state index contributed by atoms with van der Waals surface area (Å²) < 4.78 is 0. The van der Waals surface area contributed by atoms with Gasteiger partial charge in [0.1, 0.15) is 0 Å². The van der Waals surface area contributed by atoms with E-state index in [9.17, 15) is 9.59 Å². The molecule has 4 heteroatoms. The molecule has 2 saturated heterocycles. The quantitative estimate of drug-likeness (QED) is 0.699. The van der Waals surface area contributed by atoms with Crippen LogP contribution in [0.5, 0.6) is 0 Å². The maximum atomic E-state index is 12.4. The highest BCUT2D eigenvalue weighted by Crippen LogP contribution is 2.45. The molecule has 2 heterocycles. The van der Waals surface area contributed by atoms with Crippen molar-refractivity contribution < 1.29 is 9.59 Å². The molecule has 100 valence electrons. The highest BCUT2D eigenvalue weighted by atomic mass is 16.2. The van der Waals surface area contributed by atoms with Gasteiger partial charge in [-0.3, -0.25) is 9.59 Å². The molecular formula is C14H22N2O2. The fourth-order valence-corrected chi connectivity index (χ4v) is 3.36. The molecule has 0 bridgehead atoms. The monoisotopic (exact) mass is 250 g/mol. The first-order valence-corrected chi connectivity index (χ1v) is 6.95. The largest absolute Gasteiger partial charge is 0.342 e. The van der Waals surface area contributed by atoms with Crippen LogP contribution in [0.2, 0.25) is 0 Å². The Balaban J connectivity index is 1.64. The Morgan fingerprint density at radius 2 is 1.78 bits per heavy atom. The zero-order valence-corrected chi connectivity index (χ0v) is 11.5. The Labute approximate surface area is 108 Å². The highest BCUT2D eigenvalue weighted by Gasteiger charge is 2.49. The lowest BCUT2D eigenvalue weighted by Gasteiger charge is -2.32. The molecule has 4 nitrogen and oxygen atoms in total. The van der Waals surface area contributed by atoms with Crippen LogP contribution in [0.3, 0.4) is 0 Å². The molecule has 18 heavy (non-hydrogen) atoms. The summed E-state index contributed by atoms with van der Waals surface area (Å²) in [6, 6.07) is 0. The van der Waals surface area contributed by atoms with E-state index < -0.39 is 0 Å². The standard InChI is InChI=1S/C14H22N2O2/c1-14(2,3)16-8-11(5-12(16)17)13(18)15-6-9-4-10(9)7-15/h9-11H,4-8H2,1-3H3. The summed E-state index contributed by atoms with van der Waals surface area (Å²) >= 11 is 0. The van der Waals surface area contributed by atoms with Crippen LogP contribution in [-0.4, -0.2) is 46.8 Å². The second kappa shape index (κ2) is 3.72. The van der Waals surface area contributed by atoms with Crippen LogP contribution in [0.15, 0.2) is 0 Å². The van der Waals surface area contributed by atoms with Crippen molar-refractivity contribution in [1.29, 1.82) is 0 Å². The number of nitrogens with zero attached hydrogens (tertiary/aromatic N) is 2. The third kappa shape index (κ3) is 1.91. The van der Waals surface area contributed by atoms with Crippen molar-refractivity contribution in [2.24, 2.45) is 17.8 Å². The minimum atomic E-state index is -0.167. The Morgan fingerprint density at radius 3 is 2.28 bits per heavy atom. The number of piperidine rings is 1. The Kier molecular flexibility index (Phi) is 2.48. The summed E-state index contributed by atoms with van der Waals surface area (Å²) in [5.41, 5.74) is -0.167. The van der Waals surface area contributed by atoms with Crippen LogP contribution in [0.25, 0.3) is 0 Å². The molecule has 2 amide bonds. The molecular weight excluding hydrogens is 228 g/mol. The maximum Gasteiger partial charge on any atom is 0.228 e. The van der Waals surface area contributed by atoms with Crippen molar-refractivity contribution in [1.82, 2.24) is 9.80 Å². The van der Waals surface area contributed by atoms with E-state index in [0.29, 0.717) is 13.0 Å². The van der Waals surface area contributed by atoms with Crippen molar-refractivity contribution in [3.63, 3.8) is 0 Å². The van der Waals surface area contributed by atoms with Crippen LogP contribution in [-0.2, 0) is 9.59 Å². The predicted octanol–water partition coefficient (Wildman–Crippen LogP) is 1.11. The second-order valence-corrected chi connectivity index (χ2v) is 7.08. The summed E-state index contributed by atoms with van der Waals surface area (Å²) in [6.45, 7) is 8.56. The molecule has 0 spiro atoms. The Morgan fingerprint density at radius 1 is 1.17 bits per heavy atom. The molecule has 0 N–H and O–H groups in total. The third-order valence-corrected chi connectivity index (χ3v) is 4.57. The van der Waals surface area contributed by atoms with Crippen LogP contribution in [0, 0.1) is 17.8 Å². The summed E-state index contributed by atoms with van der Waals surface area (Å²) in [4.78, 5) is 28.2. The van der Waals surface area contributed by atoms with Crippen molar-refractivity contribution in [2.45, 2.75) is 39.2 Å². The van der Waals surface area contributed by atoms with Gasteiger partial charge in [-0.1, -0.05) is 0 Å². The number of carbonyl (C=O) groups excluding carboxylic acids is 2. The molecule has 0 radical (unpaired) electrons. The smallest absolute Gasteiger partial charge is 0.228 e. The molecule has 0 aromatic rings. The van der Waals surface area contributed by atoms with Gasteiger partial charge in [-0.15, -0.1) is 0 Å². The van der Waals surface area contributed by atoms with Gasteiger partial charge in [-0.05, 0) is 39.0 Å². The molecule has 1 aliphatic carbocycles. The number of fused-ring (bicyclic) bond motifs is 1. The van der Waals surface area contributed by atoms with Crippen molar-refractivity contribution in [3.05, 3.63) is 0 Å². The molecule has 1 saturated carbocycles. The minimum Gasteiger partial charge on any atom is -0.342 e. The van der Waals surface area contributed by atoms with E-state index in [4.69, 9.17) is 0 Å². The first kappa shape index (κ1) is 12.0. The van der Waals surface area contributed by atoms with Gasteiger partial charge in [-0.2, -0.15) is 0 Å². The number of carbonyl (C=O) groups is 2. The third-order valence-electron chi connectivity index (χ3n) is 4.57. The molecule has 0 aromatic heterocycles. The second-order valence-electron chi connectivity index (χ2n) is 7.08. The lowest BCUT2D eigenvalue weighted by Crippen LogP contribution is -2.43. The fraction of sp³-hybridized carbons (Fsp3) is 0.857. The minimum absolute atomic E-state index is 0.103. The van der Waals surface area contributed by atoms with E-state index in [1.807, 2.05) is 30.6 Å². The van der Waals surface area contributed by atoms with Crippen LogP contribution >= 0.6 is 0 Å². The van der Waals surface area contributed by atoms with E-state index in [2.05, 4.69) is 0 Å². The van der Waals surface area contributed by atoms with Crippen molar-refractivity contribution in [3.8, 4) is 0 Å². The van der Waals surface area contributed by atoms with Gasteiger partial charge in [-0.25, -0.2) is 0 Å². The van der Waals surface area contributed by atoms with Gasteiger partial charge < -0.3 is 9.80 Å². The van der Waals surface area contributed by atoms with Crippen molar-refractivity contribution in [2.75, 3.05) is 19.6 Å². The SMILES string of the molecule is CC(C)(C)N1CC(C(=O)N2CC3CC3C2)CC1=O. The summed E-state index contributed by atoms with van der Waals surface area (Å²) in [7, 11) is 0. The van der Waals surface area contributed by atoms with Gasteiger partial charge in [0.25, 0.3) is 0 Å². The zero-order valence-electron chi connectivity index (χ0n) is 11.5. The summed E-state index contributed by atoms with van der Waals surface area (Å²) in [5, 5.41) is 0. The van der Waals surface area contributed by atoms with Gasteiger partial charge in [0.15, 0.2) is 0 Å². The molecule has 3 unspecified atom stereocenters. The highest BCUT2D eigenvalue weighted by molar-refractivity contribution is 5.89. The van der Waals surface area contributed by atoms with Gasteiger partial charge in [0, 0.05) is 31.6 Å². The number of rotatable bonds is 1. The van der Waals surface area contributed by atoms with E-state index >= 15 is 0 Å². The molecule has 3 aliphatic rings. The summed E-state index contributed by atoms with van der Waals surface area (Å²) in [5.74, 6) is 1.77. The first-order chi connectivity index (χ1) is 8.36. The molecule has 0 aromatic carbocycles. The average molecular weight is 250 g/mol. The van der Waals surface area contributed by atoms with Crippen LogP contribution in [0.1, 0.15) is 33.6 Å². The van der Waals surface area contributed by atoms with Gasteiger partial charge in [0.2, 0.25) is 11.8 Å². The van der Waals surface area contributed by atoms with Gasteiger partial charge >= 0.3 is 0 Å². The topological polar surface area (TPSA) is 40.6 Å². The number of hydrogen-bond acceptors (Lipinski definition) is 2. The van der Waals surface area contributed by atoms with Crippen LogP contribution in [0.4, 0.5) is 0 Å². The average Bonchev–Trinajstić information content (AvgIpc) is 2.73. The van der Waals surface area contributed by atoms with E-state index in [1.165, 1.54) is 6.42 Å². The molecule has 2 aliphatic heterocycles. The maximum absolute atomic E-state index is 12.4. The summed E-state index contributed by atoms with van der Waals surface area (Å²) in [6.07, 6.45) is 1.71. The van der Waals surface area contributed by atoms with E-state index in [-0.39, 0.29) is 23.3 Å². The Hall–Kier alpha value is -1.06. The number of likely N-dealkylation sites (tertiary alicyclic amines) is 2. The Bertz CT molecular complexity index is 389.